The number of halogens is 1. The third-order valence-electron chi connectivity index (χ3n) is 4.53. The molecule has 0 aliphatic heterocycles. The number of nitriles is 1. The summed E-state index contributed by atoms with van der Waals surface area (Å²) in [7, 11) is 0. The summed E-state index contributed by atoms with van der Waals surface area (Å²) in [4.78, 5) is 25.2. The summed E-state index contributed by atoms with van der Waals surface area (Å²) >= 11 is 6.16. The van der Waals surface area contributed by atoms with Crippen molar-refractivity contribution in [2.24, 2.45) is 0 Å². The minimum Gasteiger partial charge on any atom is -0.422 e. The molecule has 0 spiro atoms. The van der Waals surface area contributed by atoms with Crippen LogP contribution in [0.2, 0.25) is 5.02 Å². The Kier molecular flexibility index (Phi) is 6.86. The molecule has 0 radical (unpaired) electrons. The van der Waals surface area contributed by atoms with Crippen LogP contribution in [0.5, 0.6) is 5.75 Å². The summed E-state index contributed by atoms with van der Waals surface area (Å²) in [6.07, 6.45) is 1.37. The maximum atomic E-state index is 12.7. The highest BCUT2D eigenvalue weighted by atomic mass is 35.5. The molecular weight excluding hydrogens is 412 g/mol. The number of aryl methyl sites for hydroxylation is 2. The Morgan fingerprint density at radius 1 is 1.00 bits per heavy atom. The Bertz CT molecular complexity index is 1190. The molecule has 1 N–H and O–H groups in total. The standard InChI is InChI=1S/C25H19ClN2O3/c1-16-10-12-18(13-11-16)25(30)31-22-9-4-3-7-19(22)14-20(15-27)24(29)28-23-17(2)6-5-8-21(23)26/h3-14H,1-2H3,(H,28,29)/b20-14+. The van der Waals surface area contributed by atoms with Gasteiger partial charge in [0.25, 0.3) is 5.91 Å². The number of hydrogen-bond donors (Lipinski definition) is 1. The number of rotatable bonds is 5. The molecule has 0 atom stereocenters. The van der Waals surface area contributed by atoms with Crippen LogP contribution in [0.3, 0.4) is 0 Å². The summed E-state index contributed by atoms with van der Waals surface area (Å²) in [5, 5.41) is 12.6. The van der Waals surface area contributed by atoms with Gasteiger partial charge in [-0.05, 0) is 49.8 Å². The van der Waals surface area contributed by atoms with Gasteiger partial charge in [0, 0.05) is 5.56 Å². The molecule has 0 aliphatic rings. The second kappa shape index (κ2) is 9.75. The SMILES string of the molecule is Cc1ccc(C(=O)Oc2ccccc2/C=C(\C#N)C(=O)Nc2c(C)cccc2Cl)cc1. The van der Waals surface area contributed by atoms with Gasteiger partial charge in [-0.1, -0.05) is 59.6 Å². The van der Waals surface area contributed by atoms with E-state index < -0.39 is 11.9 Å². The molecule has 5 nitrogen and oxygen atoms in total. The second-order valence-electron chi connectivity index (χ2n) is 6.85. The van der Waals surface area contributed by atoms with E-state index in [2.05, 4.69) is 5.32 Å². The van der Waals surface area contributed by atoms with Gasteiger partial charge in [-0.2, -0.15) is 5.26 Å². The van der Waals surface area contributed by atoms with Crippen molar-refractivity contribution in [3.8, 4) is 11.8 Å². The van der Waals surface area contributed by atoms with Crippen molar-refractivity contribution in [3.63, 3.8) is 0 Å². The van der Waals surface area contributed by atoms with Crippen LogP contribution in [0.1, 0.15) is 27.0 Å². The summed E-state index contributed by atoms with van der Waals surface area (Å²) in [6, 6.07) is 20.8. The Morgan fingerprint density at radius 2 is 1.71 bits per heavy atom. The molecule has 0 aromatic heterocycles. The topological polar surface area (TPSA) is 79.2 Å². The van der Waals surface area contributed by atoms with E-state index in [1.54, 1.807) is 61.5 Å². The largest absolute Gasteiger partial charge is 0.422 e. The minimum absolute atomic E-state index is 0.154. The molecule has 0 unspecified atom stereocenters. The van der Waals surface area contributed by atoms with Gasteiger partial charge < -0.3 is 10.1 Å². The number of amides is 1. The zero-order valence-electron chi connectivity index (χ0n) is 17.0. The zero-order valence-corrected chi connectivity index (χ0v) is 17.7. The van der Waals surface area contributed by atoms with Gasteiger partial charge >= 0.3 is 5.97 Å². The van der Waals surface area contributed by atoms with Crippen LogP contribution in [0.25, 0.3) is 6.08 Å². The van der Waals surface area contributed by atoms with Crippen LogP contribution in [-0.4, -0.2) is 11.9 Å². The molecule has 1 amide bonds. The Hall–Kier alpha value is -3.88. The normalized spacial score (nSPS) is 10.8. The number of para-hydroxylation sites is 2. The average Bonchev–Trinajstić information content (AvgIpc) is 2.76. The Balaban J connectivity index is 1.86. The molecule has 0 saturated heterocycles. The monoisotopic (exact) mass is 430 g/mol. The van der Waals surface area contributed by atoms with Crippen LogP contribution in [0.4, 0.5) is 5.69 Å². The summed E-state index contributed by atoms with van der Waals surface area (Å²) in [6.45, 7) is 3.73. The lowest BCUT2D eigenvalue weighted by molar-refractivity contribution is -0.112. The molecule has 154 valence electrons. The Labute approximate surface area is 185 Å². The number of nitrogens with zero attached hydrogens (tertiary/aromatic N) is 1. The number of carbonyl (C=O) groups is 2. The maximum absolute atomic E-state index is 12.7. The van der Waals surface area contributed by atoms with Gasteiger partial charge in [-0.15, -0.1) is 0 Å². The van der Waals surface area contributed by atoms with Crippen molar-refractivity contribution in [1.82, 2.24) is 0 Å². The number of benzene rings is 3. The second-order valence-corrected chi connectivity index (χ2v) is 7.26. The molecule has 0 fully saturated rings. The fourth-order valence-electron chi connectivity index (χ4n) is 2.82. The molecule has 3 aromatic carbocycles. The molecule has 0 heterocycles. The average molecular weight is 431 g/mol. The Morgan fingerprint density at radius 3 is 2.39 bits per heavy atom. The molecule has 3 rings (SSSR count). The van der Waals surface area contributed by atoms with Gasteiger partial charge in [-0.3, -0.25) is 4.79 Å². The lowest BCUT2D eigenvalue weighted by atomic mass is 10.1. The van der Waals surface area contributed by atoms with Gasteiger partial charge in [0.15, 0.2) is 0 Å². The number of hydrogen-bond acceptors (Lipinski definition) is 4. The van der Waals surface area contributed by atoms with Crippen LogP contribution < -0.4 is 10.1 Å². The lowest BCUT2D eigenvalue weighted by Gasteiger charge is -2.10. The van der Waals surface area contributed by atoms with Gasteiger partial charge in [0.1, 0.15) is 17.4 Å². The zero-order chi connectivity index (χ0) is 22.4. The van der Waals surface area contributed by atoms with Crippen molar-refractivity contribution in [2.75, 3.05) is 5.32 Å². The lowest BCUT2D eigenvalue weighted by Crippen LogP contribution is -2.15. The van der Waals surface area contributed by atoms with E-state index in [0.29, 0.717) is 21.8 Å². The molecule has 0 bridgehead atoms. The molecule has 3 aromatic rings. The van der Waals surface area contributed by atoms with Gasteiger partial charge in [-0.25, -0.2) is 4.79 Å². The van der Waals surface area contributed by atoms with Crippen molar-refractivity contribution >= 4 is 35.2 Å². The van der Waals surface area contributed by atoms with E-state index in [4.69, 9.17) is 16.3 Å². The molecule has 0 aliphatic carbocycles. The molecule has 31 heavy (non-hydrogen) atoms. The minimum atomic E-state index is -0.613. The first-order valence-corrected chi connectivity index (χ1v) is 9.83. The van der Waals surface area contributed by atoms with E-state index in [0.717, 1.165) is 11.1 Å². The first-order chi connectivity index (χ1) is 14.9. The van der Waals surface area contributed by atoms with E-state index in [-0.39, 0.29) is 11.3 Å². The summed E-state index contributed by atoms with van der Waals surface area (Å²) in [5.41, 5.74) is 2.90. The highest BCUT2D eigenvalue weighted by Crippen LogP contribution is 2.27. The number of nitrogens with one attached hydrogen (secondary N) is 1. The smallest absolute Gasteiger partial charge is 0.343 e. The van der Waals surface area contributed by atoms with Gasteiger partial charge in [0.05, 0.1) is 16.3 Å². The molecule has 6 heteroatoms. The van der Waals surface area contributed by atoms with E-state index in [9.17, 15) is 14.9 Å². The fraction of sp³-hybridized carbons (Fsp3) is 0.0800. The number of carbonyl (C=O) groups excluding carboxylic acids is 2. The van der Waals surface area contributed by atoms with E-state index >= 15 is 0 Å². The highest BCUT2D eigenvalue weighted by molar-refractivity contribution is 6.34. The van der Waals surface area contributed by atoms with Crippen molar-refractivity contribution in [2.45, 2.75) is 13.8 Å². The predicted molar refractivity (Wildman–Crippen MR) is 121 cm³/mol. The maximum Gasteiger partial charge on any atom is 0.343 e. The fourth-order valence-corrected chi connectivity index (χ4v) is 3.09. The van der Waals surface area contributed by atoms with Crippen LogP contribution >= 0.6 is 11.6 Å². The molecular formula is C25H19ClN2O3. The van der Waals surface area contributed by atoms with Crippen LogP contribution in [-0.2, 0) is 4.79 Å². The third kappa shape index (κ3) is 5.39. The first kappa shape index (κ1) is 21.8. The number of esters is 1. The van der Waals surface area contributed by atoms with Gasteiger partial charge in [0.2, 0.25) is 0 Å². The molecule has 0 saturated carbocycles. The highest BCUT2D eigenvalue weighted by Gasteiger charge is 2.15. The predicted octanol–water partition coefficient (Wildman–Crippen LogP) is 5.72. The van der Waals surface area contributed by atoms with E-state index in [1.807, 2.05) is 25.1 Å². The van der Waals surface area contributed by atoms with Crippen molar-refractivity contribution in [1.29, 1.82) is 5.26 Å². The third-order valence-corrected chi connectivity index (χ3v) is 4.85. The first-order valence-electron chi connectivity index (χ1n) is 9.45. The quantitative estimate of drug-likeness (QED) is 0.243. The van der Waals surface area contributed by atoms with Crippen LogP contribution in [0, 0.1) is 25.2 Å². The number of anilines is 1. The summed E-state index contributed by atoms with van der Waals surface area (Å²) in [5.74, 6) is -0.906. The van der Waals surface area contributed by atoms with E-state index in [1.165, 1.54) is 6.08 Å². The summed E-state index contributed by atoms with van der Waals surface area (Å²) < 4.78 is 5.51. The van der Waals surface area contributed by atoms with Crippen LogP contribution in [0.15, 0.2) is 72.3 Å². The van der Waals surface area contributed by atoms with Crippen molar-refractivity contribution < 1.29 is 14.3 Å². The van der Waals surface area contributed by atoms with Crippen molar-refractivity contribution in [3.05, 3.63) is 99.6 Å². The number of ether oxygens (including phenoxy) is 1.